The lowest BCUT2D eigenvalue weighted by atomic mass is 10.2. The molecule has 0 bridgehead atoms. The Bertz CT molecular complexity index is 277. The van der Waals surface area contributed by atoms with E-state index in [1.165, 1.54) is 0 Å². The highest BCUT2D eigenvalue weighted by Crippen LogP contribution is 2.19. The van der Waals surface area contributed by atoms with E-state index in [1.54, 1.807) is 13.1 Å². The normalized spacial score (nSPS) is 10.3. The standard InChI is InChI=1S/C9H10N2/c1-3-8-6-4-5-7-9(8)11-10-2/h3-7H,1H2,2H3. The highest BCUT2D eigenvalue weighted by atomic mass is 15.1. The lowest BCUT2D eigenvalue weighted by Gasteiger charge is -1.95. The first-order valence-electron chi connectivity index (χ1n) is 3.40. The Kier molecular flexibility index (Phi) is 2.55. The lowest BCUT2D eigenvalue weighted by Crippen LogP contribution is -1.70. The maximum absolute atomic E-state index is 3.93. The van der Waals surface area contributed by atoms with Gasteiger partial charge in [-0.15, -0.1) is 0 Å². The van der Waals surface area contributed by atoms with Gasteiger partial charge < -0.3 is 0 Å². The molecule has 0 heterocycles. The SMILES string of the molecule is C=Cc1ccccc1N=NC. The van der Waals surface area contributed by atoms with Gasteiger partial charge in [0.2, 0.25) is 0 Å². The number of benzene rings is 1. The monoisotopic (exact) mass is 146 g/mol. The second-order valence-corrected chi connectivity index (χ2v) is 2.06. The Balaban J connectivity index is 3.11. The Morgan fingerprint density at radius 2 is 2.09 bits per heavy atom. The first-order valence-corrected chi connectivity index (χ1v) is 3.40. The largest absolute Gasteiger partial charge is 0.192 e. The molecule has 2 nitrogen and oxygen atoms in total. The summed E-state index contributed by atoms with van der Waals surface area (Å²) in [6.07, 6.45) is 1.77. The van der Waals surface area contributed by atoms with Gasteiger partial charge in [0.25, 0.3) is 0 Å². The van der Waals surface area contributed by atoms with Gasteiger partial charge in [-0.25, -0.2) is 0 Å². The predicted molar refractivity (Wildman–Crippen MR) is 47.0 cm³/mol. The summed E-state index contributed by atoms with van der Waals surface area (Å²) in [5, 5.41) is 7.62. The van der Waals surface area contributed by atoms with Crippen LogP contribution in [-0.2, 0) is 0 Å². The molecule has 1 aromatic rings. The van der Waals surface area contributed by atoms with Gasteiger partial charge in [0.15, 0.2) is 0 Å². The Hall–Kier alpha value is -1.44. The number of rotatable bonds is 2. The van der Waals surface area contributed by atoms with E-state index in [-0.39, 0.29) is 0 Å². The van der Waals surface area contributed by atoms with Crippen LogP contribution in [0.25, 0.3) is 6.08 Å². The van der Waals surface area contributed by atoms with Gasteiger partial charge in [-0.1, -0.05) is 30.9 Å². The smallest absolute Gasteiger partial charge is 0.0924 e. The van der Waals surface area contributed by atoms with Crippen LogP contribution in [0.2, 0.25) is 0 Å². The number of nitrogens with zero attached hydrogens (tertiary/aromatic N) is 2. The second-order valence-electron chi connectivity index (χ2n) is 2.06. The minimum Gasteiger partial charge on any atom is -0.192 e. The van der Waals surface area contributed by atoms with Gasteiger partial charge in [-0.3, -0.25) is 0 Å². The summed E-state index contributed by atoms with van der Waals surface area (Å²) in [6, 6.07) is 7.74. The Morgan fingerprint density at radius 1 is 1.36 bits per heavy atom. The van der Waals surface area contributed by atoms with Crippen LogP contribution >= 0.6 is 0 Å². The van der Waals surface area contributed by atoms with E-state index in [2.05, 4.69) is 16.8 Å². The lowest BCUT2D eigenvalue weighted by molar-refractivity contribution is 1.17. The first-order chi connectivity index (χ1) is 5.38. The van der Waals surface area contributed by atoms with Crippen LogP contribution in [0.15, 0.2) is 41.1 Å². The van der Waals surface area contributed by atoms with E-state index >= 15 is 0 Å². The van der Waals surface area contributed by atoms with E-state index in [0.717, 1.165) is 11.3 Å². The van der Waals surface area contributed by atoms with E-state index in [1.807, 2.05) is 24.3 Å². The molecule has 0 atom stereocenters. The summed E-state index contributed by atoms with van der Waals surface area (Å²) >= 11 is 0. The minimum atomic E-state index is 0.866. The zero-order chi connectivity index (χ0) is 8.10. The zero-order valence-electron chi connectivity index (χ0n) is 6.49. The molecule has 0 aromatic heterocycles. The maximum atomic E-state index is 3.93. The van der Waals surface area contributed by atoms with Crippen molar-refractivity contribution >= 4 is 11.8 Å². The molecule has 1 aromatic carbocycles. The van der Waals surface area contributed by atoms with Crippen molar-refractivity contribution in [1.29, 1.82) is 0 Å². The van der Waals surface area contributed by atoms with Gasteiger partial charge in [0, 0.05) is 12.6 Å². The van der Waals surface area contributed by atoms with Crippen LogP contribution < -0.4 is 0 Å². The van der Waals surface area contributed by atoms with Crippen molar-refractivity contribution in [2.45, 2.75) is 0 Å². The number of azo groups is 1. The topological polar surface area (TPSA) is 24.7 Å². The molecule has 0 aliphatic rings. The van der Waals surface area contributed by atoms with Crippen LogP contribution in [0, 0.1) is 0 Å². The molecule has 0 saturated heterocycles. The van der Waals surface area contributed by atoms with Crippen LogP contribution in [0.4, 0.5) is 5.69 Å². The minimum absolute atomic E-state index is 0.866. The molecule has 0 aliphatic carbocycles. The molecule has 56 valence electrons. The molecule has 1 rings (SSSR count). The molecular weight excluding hydrogens is 136 g/mol. The van der Waals surface area contributed by atoms with Crippen molar-refractivity contribution in [3.63, 3.8) is 0 Å². The first kappa shape index (κ1) is 7.66. The molecule has 0 radical (unpaired) electrons. The summed E-state index contributed by atoms with van der Waals surface area (Å²) in [6.45, 7) is 3.67. The number of hydrogen-bond acceptors (Lipinski definition) is 2. The summed E-state index contributed by atoms with van der Waals surface area (Å²) in [4.78, 5) is 0. The van der Waals surface area contributed by atoms with Gasteiger partial charge in [0.1, 0.15) is 0 Å². The van der Waals surface area contributed by atoms with Gasteiger partial charge in [-0.2, -0.15) is 10.2 Å². The van der Waals surface area contributed by atoms with Crippen LogP contribution in [0.3, 0.4) is 0 Å². The average Bonchev–Trinajstić information content (AvgIpc) is 2.06. The van der Waals surface area contributed by atoms with Gasteiger partial charge in [0.05, 0.1) is 5.69 Å². The third-order valence-electron chi connectivity index (χ3n) is 1.36. The predicted octanol–water partition coefficient (Wildman–Crippen LogP) is 3.04. The molecule has 0 amide bonds. The highest BCUT2D eigenvalue weighted by Gasteiger charge is 1.92. The summed E-state index contributed by atoms with van der Waals surface area (Å²) in [5.74, 6) is 0. The van der Waals surface area contributed by atoms with Crippen molar-refractivity contribution in [3.05, 3.63) is 36.4 Å². The fourth-order valence-electron chi connectivity index (χ4n) is 0.859. The summed E-state index contributed by atoms with van der Waals surface area (Å²) < 4.78 is 0. The summed E-state index contributed by atoms with van der Waals surface area (Å²) in [7, 11) is 1.65. The number of hydrogen-bond donors (Lipinski definition) is 0. The fraction of sp³-hybridized carbons (Fsp3) is 0.111. The van der Waals surface area contributed by atoms with Crippen molar-refractivity contribution in [2.75, 3.05) is 7.05 Å². The molecule has 11 heavy (non-hydrogen) atoms. The summed E-state index contributed by atoms with van der Waals surface area (Å²) in [5.41, 5.74) is 1.88. The van der Waals surface area contributed by atoms with Crippen molar-refractivity contribution < 1.29 is 0 Å². The third kappa shape index (κ3) is 1.74. The van der Waals surface area contributed by atoms with Crippen LogP contribution in [0.5, 0.6) is 0 Å². The zero-order valence-corrected chi connectivity index (χ0v) is 6.49. The average molecular weight is 146 g/mol. The molecule has 0 N–H and O–H groups in total. The quantitative estimate of drug-likeness (QED) is 0.573. The van der Waals surface area contributed by atoms with E-state index in [9.17, 15) is 0 Å². The molecule has 0 aliphatic heterocycles. The van der Waals surface area contributed by atoms with Crippen LogP contribution in [0.1, 0.15) is 5.56 Å². The van der Waals surface area contributed by atoms with Crippen molar-refractivity contribution in [1.82, 2.24) is 0 Å². The molecule has 2 heteroatoms. The molecular formula is C9H10N2. The Morgan fingerprint density at radius 3 is 2.73 bits per heavy atom. The van der Waals surface area contributed by atoms with Gasteiger partial charge in [-0.05, 0) is 6.07 Å². The highest BCUT2D eigenvalue weighted by molar-refractivity contribution is 5.61. The second kappa shape index (κ2) is 3.66. The molecule has 0 unspecified atom stereocenters. The third-order valence-corrected chi connectivity index (χ3v) is 1.36. The fourth-order valence-corrected chi connectivity index (χ4v) is 0.859. The van der Waals surface area contributed by atoms with E-state index in [0.29, 0.717) is 0 Å². The van der Waals surface area contributed by atoms with Gasteiger partial charge >= 0.3 is 0 Å². The molecule has 0 spiro atoms. The van der Waals surface area contributed by atoms with E-state index < -0.39 is 0 Å². The molecule has 0 saturated carbocycles. The van der Waals surface area contributed by atoms with Crippen LogP contribution in [-0.4, -0.2) is 7.05 Å². The maximum Gasteiger partial charge on any atom is 0.0924 e. The van der Waals surface area contributed by atoms with Crippen molar-refractivity contribution in [2.24, 2.45) is 10.2 Å². The Labute approximate surface area is 66.3 Å². The van der Waals surface area contributed by atoms with Crippen molar-refractivity contribution in [3.8, 4) is 0 Å². The van der Waals surface area contributed by atoms with E-state index in [4.69, 9.17) is 0 Å². The molecule has 0 fully saturated rings.